The van der Waals surface area contributed by atoms with Crippen LogP contribution in [0.1, 0.15) is 11.8 Å². The predicted octanol–water partition coefficient (Wildman–Crippen LogP) is 0.764. The lowest BCUT2D eigenvalue weighted by Gasteiger charge is -2.28. The number of nitrogens with one attached hydrogen (secondary N) is 1. The van der Waals surface area contributed by atoms with Crippen LogP contribution >= 0.6 is 7.82 Å². The van der Waals surface area contributed by atoms with Gasteiger partial charge in [0.25, 0.3) is 11.4 Å². The van der Waals surface area contributed by atoms with E-state index < -0.39 is 56.1 Å². The highest BCUT2D eigenvalue weighted by Crippen LogP contribution is 2.56. The van der Waals surface area contributed by atoms with E-state index in [2.05, 4.69) is 4.98 Å². The van der Waals surface area contributed by atoms with Crippen LogP contribution in [0.3, 0.4) is 0 Å². The summed E-state index contributed by atoms with van der Waals surface area (Å²) >= 11 is 0. The van der Waals surface area contributed by atoms with Gasteiger partial charge in [0, 0.05) is 24.0 Å². The zero-order valence-corrected chi connectivity index (χ0v) is 16.2. The maximum Gasteiger partial charge on any atom is 0.530 e. The Bertz CT molecular complexity index is 1220. The minimum absolute atomic E-state index is 0.130. The quantitative estimate of drug-likeness (QED) is 0.511. The fourth-order valence-electron chi connectivity index (χ4n) is 3.34. The molecule has 0 radical (unpaired) electrons. The van der Waals surface area contributed by atoms with Crippen LogP contribution in [0, 0.1) is 0 Å². The van der Waals surface area contributed by atoms with Crippen molar-refractivity contribution in [1.29, 1.82) is 0 Å². The van der Waals surface area contributed by atoms with Crippen LogP contribution in [-0.4, -0.2) is 45.4 Å². The highest BCUT2D eigenvalue weighted by molar-refractivity contribution is 7.49. The Morgan fingerprint density at radius 3 is 2.97 bits per heavy atom. The average Bonchev–Trinajstić information content (AvgIpc) is 3.24. The second-order valence-electron chi connectivity index (χ2n) is 6.75. The molecule has 0 saturated carbocycles. The van der Waals surface area contributed by atoms with Gasteiger partial charge in [0.2, 0.25) is 6.10 Å². The molecule has 31 heavy (non-hydrogen) atoms. The lowest BCUT2D eigenvalue weighted by atomic mass is 10.1. The van der Waals surface area contributed by atoms with Crippen LogP contribution < -0.4 is 15.8 Å². The normalized spacial score (nSPS) is 33.7. The van der Waals surface area contributed by atoms with Crippen molar-refractivity contribution in [2.45, 2.75) is 30.9 Å². The number of aromatic nitrogens is 3. The molecule has 2 saturated heterocycles. The van der Waals surface area contributed by atoms with E-state index in [0.29, 0.717) is 5.56 Å². The molecule has 5 rings (SSSR count). The largest absolute Gasteiger partial charge is 0.530 e. The molecular formula is C16H13FN3O10P. The number of pyridine rings is 1. The number of carbonyl (C=O) groups excluding carboxylic acids is 1. The number of hydrogen-bond donors (Lipinski definition) is 1. The van der Waals surface area contributed by atoms with Gasteiger partial charge < -0.3 is 18.7 Å². The number of aromatic amines is 1. The Morgan fingerprint density at radius 2 is 2.16 bits per heavy atom. The first-order chi connectivity index (χ1) is 14.8. The highest BCUT2D eigenvalue weighted by Gasteiger charge is 2.65. The summed E-state index contributed by atoms with van der Waals surface area (Å²) in [6.45, 7) is -1.18. The van der Waals surface area contributed by atoms with Gasteiger partial charge in [-0.1, -0.05) is 0 Å². The number of alkyl halides is 1. The molecule has 2 fully saturated rings. The minimum Gasteiger partial charge on any atom is -0.422 e. The van der Waals surface area contributed by atoms with Crippen molar-refractivity contribution in [1.82, 2.24) is 14.5 Å². The van der Waals surface area contributed by atoms with Crippen molar-refractivity contribution in [3.05, 3.63) is 57.1 Å². The number of hydrogen-bond acceptors (Lipinski definition) is 11. The third-order valence-electron chi connectivity index (χ3n) is 4.78. The maximum absolute atomic E-state index is 15.7. The van der Waals surface area contributed by atoms with E-state index in [-0.39, 0.29) is 12.4 Å². The number of ether oxygens (including phenoxy) is 3. The van der Waals surface area contributed by atoms with E-state index in [1.165, 1.54) is 12.4 Å². The zero-order valence-electron chi connectivity index (χ0n) is 15.3. The third kappa shape index (κ3) is 3.43. The summed E-state index contributed by atoms with van der Waals surface area (Å²) in [6.07, 6.45) is -1.90. The molecule has 3 aliphatic heterocycles. The van der Waals surface area contributed by atoms with Gasteiger partial charge in [-0.25, -0.2) is 18.5 Å². The number of phosphoric acid groups is 1. The molecule has 13 nitrogen and oxygen atoms in total. The van der Waals surface area contributed by atoms with Crippen molar-refractivity contribution in [3.63, 3.8) is 0 Å². The van der Waals surface area contributed by atoms with Crippen molar-refractivity contribution < 1.29 is 41.5 Å². The fourth-order valence-corrected chi connectivity index (χ4v) is 4.56. The van der Waals surface area contributed by atoms with E-state index >= 15 is 4.39 Å². The summed E-state index contributed by atoms with van der Waals surface area (Å²) in [5, 5.41) is 0. The molecule has 0 aliphatic carbocycles. The number of rotatable bonds is 4. The molecule has 0 amide bonds. The lowest BCUT2D eigenvalue weighted by molar-refractivity contribution is -0.209. The summed E-state index contributed by atoms with van der Waals surface area (Å²) in [4.78, 5) is 40.8. The second-order valence-corrected chi connectivity index (χ2v) is 8.35. The van der Waals surface area contributed by atoms with E-state index in [0.717, 1.165) is 16.8 Å². The lowest BCUT2D eigenvalue weighted by Crippen LogP contribution is -2.42. The van der Waals surface area contributed by atoms with Crippen molar-refractivity contribution in [2.75, 3.05) is 6.61 Å². The van der Waals surface area contributed by atoms with E-state index in [9.17, 15) is 18.9 Å². The molecule has 5 atom stereocenters. The first-order valence-corrected chi connectivity index (χ1v) is 10.3. The Labute approximate surface area is 171 Å². The Balaban J connectivity index is 1.39. The topological polar surface area (TPSA) is 157 Å². The molecule has 1 unspecified atom stereocenters. The molecular weight excluding hydrogens is 444 g/mol. The molecule has 0 spiro atoms. The predicted molar refractivity (Wildman–Crippen MR) is 93.6 cm³/mol. The van der Waals surface area contributed by atoms with Crippen molar-refractivity contribution >= 4 is 14.0 Å². The average molecular weight is 457 g/mol. The number of H-pyrrole nitrogens is 1. The molecule has 3 aliphatic rings. The standard InChI is InChI=1S/C16H13FN3O10P/c17-16(7-26-31(24)25-6-8-1-3-18-5-9(8)30-31)12-11(27-15(23)28-12)13(29-16)20-4-2-10(21)19-14(20)22/h1-5,11-13H,6-7H2,(H,19,21,22)/t11-,12+,13-,16-,31?/m1/s1. The number of nitrogens with zero attached hydrogens (tertiary/aromatic N) is 2. The van der Waals surface area contributed by atoms with Gasteiger partial charge in [0.15, 0.2) is 18.1 Å². The Kier molecular flexibility index (Phi) is 4.48. The second kappa shape index (κ2) is 6.99. The van der Waals surface area contributed by atoms with Gasteiger partial charge in [-0.2, -0.15) is 0 Å². The van der Waals surface area contributed by atoms with Crippen LogP contribution in [0.4, 0.5) is 9.18 Å². The molecule has 0 bridgehead atoms. The van der Waals surface area contributed by atoms with Crippen molar-refractivity contribution in [3.8, 4) is 5.75 Å². The molecule has 2 aromatic rings. The van der Waals surface area contributed by atoms with E-state index in [4.69, 9.17) is 27.8 Å². The summed E-state index contributed by atoms with van der Waals surface area (Å²) in [5.41, 5.74) is -1.06. The summed E-state index contributed by atoms with van der Waals surface area (Å²) in [7, 11) is -4.26. The van der Waals surface area contributed by atoms with Gasteiger partial charge in [-0.3, -0.25) is 28.4 Å². The zero-order chi connectivity index (χ0) is 21.8. The molecule has 5 heterocycles. The molecule has 1 N–H and O–H groups in total. The number of carbonyl (C=O) groups is 1. The fraction of sp³-hybridized carbons (Fsp3) is 0.375. The van der Waals surface area contributed by atoms with Gasteiger partial charge in [0.1, 0.15) is 6.61 Å². The maximum atomic E-state index is 15.7. The monoisotopic (exact) mass is 457 g/mol. The number of halogens is 1. The van der Waals surface area contributed by atoms with Gasteiger partial charge in [-0.05, 0) is 6.07 Å². The number of phosphoric ester groups is 1. The van der Waals surface area contributed by atoms with Crippen molar-refractivity contribution in [2.24, 2.45) is 0 Å². The summed E-state index contributed by atoms with van der Waals surface area (Å²) in [5.74, 6) is -2.74. The first-order valence-electron chi connectivity index (χ1n) is 8.83. The van der Waals surface area contributed by atoms with Crippen LogP contribution in [0.25, 0.3) is 0 Å². The Morgan fingerprint density at radius 1 is 1.32 bits per heavy atom. The van der Waals surface area contributed by atoms with Gasteiger partial charge in [-0.15, -0.1) is 0 Å². The van der Waals surface area contributed by atoms with Crippen LogP contribution in [0.15, 0.2) is 40.3 Å². The molecule has 164 valence electrons. The van der Waals surface area contributed by atoms with E-state index in [1.54, 1.807) is 6.07 Å². The molecule has 0 aromatic carbocycles. The van der Waals surface area contributed by atoms with Gasteiger partial charge >= 0.3 is 19.7 Å². The van der Waals surface area contributed by atoms with Gasteiger partial charge in [0.05, 0.1) is 12.8 Å². The SMILES string of the molecule is O=C1O[C@H]2[C@H](n3ccc(=O)[nH]c3=O)O[C@](F)(COP3(=O)OCc4ccncc4O3)[C@H]2O1. The highest BCUT2D eigenvalue weighted by atomic mass is 31.2. The smallest absolute Gasteiger partial charge is 0.422 e. The number of fused-ring (bicyclic) bond motifs is 2. The molecule has 2 aromatic heterocycles. The molecule has 15 heteroatoms. The first kappa shape index (κ1) is 19.9. The van der Waals surface area contributed by atoms with E-state index in [1.807, 2.05) is 4.98 Å². The minimum atomic E-state index is -4.26. The summed E-state index contributed by atoms with van der Waals surface area (Å²) < 4.78 is 59.6. The van der Waals surface area contributed by atoms with Crippen LogP contribution in [0.2, 0.25) is 0 Å². The Hall–Kier alpha value is -3.06. The van der Waals surface area contributed by atoms with Crippen LogP contribution in [0.5, 0.6) is 5.75 Å². The summed E-state index contributed by atoms with van der Waals surface area (Å²) in [6, 6.07) is 2.58. The van der Waals surface area contributed by atoms with Crippen LogP contribution in [-0.2, 0) is 34.4 Å². The third-order valence-corrected chi connectivity index (χ3v) is 6.09.